The standard InChI is InChI=1S/C53H35NO/c1-2-33-28-29-35-16-11-21-42-39-19-6-9-24-45(39)53(51(33)50(35)42)44-23-8-5-18-38(44)40-31-30-36(32-46(40)53)54(47-25-12-15-34-14-3-4-17-37(34)47)48-26-13-22-43-41-20-7-10-27-49(41)55-52(43)48/h3-32H,2H2,1H3. The summed E-state index contributed by atoms with van der Waals surface area (Å²) in [5.41, 5.74) is 16.5. The van der Waals surface area contributed by atoms with Crippen LogP contribution >= 0.6 is 0 Å². The first kappa shape index (κ1) is 30.6. The summed E-state index contributed by atoms with van der Waals surface area (Å²) in [5, 5.41) is 7.27. The van der Waals surface area contributed by atoms with Crippen LogP contribution in [0.15, 0.2) is 186 Å². The van der Waals surface area contributed by atoms with Gasteiger partial charge in [-0.25, -0.2) is 0 Å². The minimum absolute atomic E-state index is 0.520. The number of hydrogen-bond acceptors (Lipinski definition) is 2. The van der Waals surface area contributed by atoms with Gasteiger partial charge >= 0.3 is 0 Å². The highest BCUT2D eigenvalue weighted by molar-refractivity contribution is 6.12. The Morgan fingerprint density at radius 2 is 1.09 bits per heavy atom. The van der Waals surface area contributed by atoms with Crippen LogP contribution in [0.2, 0.25) is 0 Å². The molecule has 258 valence electrons. The lowest BCUT2D eigenvalue weighted by atomic mass is 9.60. The van der Waals surface area contributed by atoms with Gasteiger partial charge in [0.15, 0.2) is 5.58 Å². The highest BCUT2D eigenvalue weighted by Gasteiger charge is 2.51. The van der Waals surface area contributed by atoms with Crippen molar-refractivity contribution in [2.24, 2.45) is 0 Å². The number of rotatable bonds is 4. The van der Waals surface area contributed by atoms with Gasteiger partial charge in [-0.3, -0.25) is 0 Å². The minimum Gasteiger partial charge on any atom is -0.454 e. The fourth-order valence-electron chi connectivity index (χ4n) is 10.2. The molecule has 2 aliphatic rings. The lowest BCUT2D eigenvalue weighted by Gasteiger charge is -2.41. The van der Waals surface area contributed by atoms with Gasteiger partial charge in [-0.2, -0.15) is 0 Å². The van der Waals surface area contributed by atoms with Crippen molar-refractivity contribution >= 4 is 60.5 Å². The first-order valence-corrected chi connectivity index (χ1v) is 19.3. The maximum atomic E-state index is 6.79. The Morgan fingerprint density at radius 3 is 1.95 bits per heavy atom. The van der Waals surface area contributed by atoms with E-state index in [1.54, 1.807) is 0 Å². The maximum absolute atomic E-state index is 6.79. The summed E-state index contributed by atoms with van der Waals surface area (Å²) >= 11 is 0. The molecule has 1 unspecified atom stereocenters. The molecular formula is C53H35NO. The smallest absolute Gasteiger partial charge is 0.159 e. The molecule has 9 aromatic carbocycles. The summed E-state index contributed by atoms with van der Waals surface area (Å²) in [6, 6.07) is 67.3. The zero-order valence-corrected chi connectivity index (χ0v) is 30.4. The van der Waals surface area contributed by atoms with Crippen molar-refractivity contribution in [3.05, 3.63) is 210 Å². The fraction of sp³-hybridized carbons (Fsp3) is 0.0566. The lowest BCUT2D eigenvalue weighted by Crippen LogP contribution is -2.33. The summed E-state index contributed by atoms with van der Waals surface area (Å²) in [4.78, 5) is 2.44. The Hall–Kier alpha value is -6.90. The summed E-state index contributed by atoms with van der Waals surface area (Å²) in [6.45, 7) is 2.31. The second-order valence-electron chi connectivity index (χ2n) is 15.0. The summed E-state index contributed by atoms with van der Waals surface area (Å²) in [6.07, 6.45) is 0.941. The minimum atomic E-state index is -0.520. The second-order valence-corrected chi connectivity index (χ2v) is 15.0. The molecule has 2 nitrogen and oxygen atoms in total. The first-order valence-electron chi connectivity index (χ1n) is 19.3. The maximum Gasteiger partial charge on any atom is 0.159 e. The van der Waals surface area contributed by atoms with Gasteiger partial charge in [-0.1, -0.05) is 159 Å². The topological polar surface area (TPSA) is 16.4 Å². The average molecular weight is 702 g/mol. The Balaban J connectivity index is 1.23. The molecule has 1 atom stereocenters. The van der Waals surface area contributed by atoms with Crippen LogP contribution in [0.3, 0.4) is 0 Å². The van der Waals surface area contributed by atoms with Crippen molar-refractivity contribution in [3.8, 4) is 22.3 Å². The van der Waals surface area contributed by atoms with Crippen LogP contribution in [0.1, 0.15) is 34.7 Å². The molecule has 0 saturated carbocycles. The van der Waals surface area contributed by atoms with Crippen LogP contribution in [-0.2, 0) is 11.8 Å². The van der Waals surface area contributed by atoms with E-state index in [0.717, 1.165) is 45.4 Å². The number of hydrogen-bond donors (Lipinski definition) is 0. The molecule has 0 bridgehead atoms. The van der Waals surface area contributed by atoms with E-state index in [9.17, 15) is 0 Å². The van der Waals surface area contributed by atoms with Crippen LogP contribution in [0.25, 0.3) is 65.7 Å². The van der Waals surface area contributed by atoms with Gasteiger partial charge in [-0.15, -0.1) is 0 Å². The van der Waals surface area contributed by atoms with E-state index in [-0.39, 0.29) is 0 Å². The van der Waals surface area contributed by atoms with E-state index in [2.05, 4.69) is 194 Å². The summed E-state index contributed by atoms with van der Waals surface area (Å²) in [5.74, 6) is 0. The lowest BCUT2D eigenvalue weighted by molar-refractivity contribution is 0.669. The Kier molecular flexibility index (Phi) is 6.28. The van der Waals surface area contributed by atoms with E-state index in [0.29, 0.717) is 0 Å². The molecular weight excluding hydrogens is 667 g/mol. The number of para-hydroxylation sites is 2. The summed E-state index contributed by atoms with van der Waals surface area (Å²) < 4.78 is 6.79. The van der Waals surface area contributed by atoms with Crippen LogP contribution in [-0.4, -0.2) is 0 Å². The predicted octanol–water partition coefficient (Wildman–Crippen LogP) is 14.3. The Labute approximate surface area is 319 Å². The number of benzene rings is 9. The normalized spacial score (nSPS) is 15.1. The van der Waals surface area contributed by atoms with Crippen molar-refractivity contribution in [3.63, 3.8) is 0 Å². The SMILES string of the molecule is CCc1ccc2cccc3c2c1C1(c2ccccc2-c2ccc(N(c4cccc5ccccc45)c4cccc5c4oc4ccccc45)cc21)c1ccccc1-3. The predicted molar refractivity (Wildman–Crippen MR) is 229 cm³/mol. The third-order valence-electron chi connectivity index (χ3n) is 12.4. The molecule has 55 heavy (non-hydrogen) atoms. The molecule has 0 radical (unpaired) electrons. The fourth-order valence-corrected chi connectivity index (χ4v) is 10.2. The zero-order valence-electron chi connectivity index (χ0n) is 30.4. The van der Waals surface area contributed by atoms with Gasteiger partial charge in [0.05, 0.1) is 16.8 Å². The second kappa shape index (κ2) is 11.3. The number of aryl methyl sites for hydroxylation is 1. The molecule has 1 spiro atoms. The van der Waals surface area contributed by atoms with Crippen LogP contribution in [0, 0.1) is 0 Å². The molecule has 0 aliphatic heterocycles. The van der Waals surface area contributed by atoms with E-state index >= 15 is 0 Å². The molecule has 1 aromatic heterocycles. The van der Waals surface area contributed by atoms with Crippen molar-refractivity contribution in [1.29, 1.82) is 0 Å². The highest BCUT2D eigenvalue weighted by atomic mass is 16.3. The molecule has 10 aromatic rings. The monoisotopic (exact) mass is 701 g/mol. The molecule has 2 heteroatoms. The van der Waals surface area contributed by atoms with Gasteiger partial charge in [0.1, 0.15) is 5.58 Å². The van der Waals surface area contributed by atoms with Gasteiger partial charge in [-0.05, 0) is 103 Å². The summed E-state index contributed by atoms with van der Waals surface area (Å²) in [7, 11) is 0. The molecule has 0 N–H and O–H groups in total. The first-order chi connectivity index (χ1) is 27.3. The van der Waals surface area contributed by atoms with Crippen molar-refractivity contribution < 1.29 is 4.42 Å². The third-order valence-corrected chi connectivity index (χ3v) is 12.4. The van der Waals surface area contributed by atoms with Crippen LogP contribution in [0.5, 0.6) is 0 Å². The number of anilines is 3. The van der Waals surface area contributed by atoms with Crippen LogP contribution in [0.4, 0.5) is 17.1 Å². The molecule has 1 heterocycles. The van der Waals surface area contributed by atoms with Crippen molar-refractivity contribution in [1.82, 2.24) is 0 Å². The number of fused-ring (bicyclic) bond motifs is 13. The number of furan rings is 1. The van der Waals surface area contributed by atoms with Crippen molar-refractivity contribution in [2.45, 2.75) is 18.8 Å². The van der Waals surface area contributed by atoms with Gasteiger partial charge in [0.2, 0.25) is 0 Å². The zero-order chi connectivity index (χ0) is 36.3. The largest absolute Gasteiger partial charge is 0.454 e. The number of nitrogens with zero attached hydrogens (tertiary/aromatic N) is 1. The van der Waals surface area contributed by atoms with E-state index in [1.165, 1.54) is 71.6 Å². The molecule has 0 saturated heterocycles. The van der Waals surface area contributed by atoms with Gasteiger partial charge in [0.25, 0.3) is 0 Å². The van der Waals surface area contributed by atoms with E-state index < -0.39 is 5.41 Å². The Morgan fingerprint density at radius 1 is 0.473 bits per heavy atom. The van der Waals surface area contributed by atoms with Crippen LogP contribution < -0.4 is 4.90 Å². The van der Waals surface area contributed by atoms with E-state index in [1.807, 2.05) is 0 Å². The molecule has 12 rings (SSSR count). The highest BCUT2D eigenvalue weighted by Crippen LogP contribution is 2.63. The van der Waals surface area contributed by atoms with Gasteiger partial charge < -0.3 is 9.32 Å². The molecule has 0 fully saturated rings. The molecule has 0 amide bonds. The third kappa shape index (κ3) is 3.98. The van der Waals surface area contributed by atoms with E-state index in [4.69, 9.17) is 4.42 Å². The molecule has 2 aliphatic carbocycles. The quantitative estimate of drug-likeness (QED) is 0.182. The Bertz CT molecular complexity index is 3220. The van der Waals surface area contributed by atoms with Crippen molar-refractivity contribution in [2.75, 3.05) is 4.90 Å². The average Bonchev–Trinajstić information content (AvgIpc) is 3.77. The van der Waals surface area contributed by atoms with Gasteiger partial charge in [0, 0.05) is 21.8 Å².